The van der Waals surface area contributed by atoms with Gasteiger partial charge in [-0.2, -0.15) is 0 Å². The Bertz CT molecular complexity index is 477. The third kappa shape index (κ3) is 3.20. The maximum Gasteiger partial charge on any atom is 0.210 e. The summed E-state index contributed by atoms with van der Waals surface area (Å²) < 4.78 is 6.93. The largest absolute Gasteiger partial charge is 1.00 e. The van der Waals surface area contributed by atoms with Gasteiger partial charge < -0.3 is 26.8 Å². The van der Waals surface area contributed by atoms with E-state index in [1.807, 2.05) is 42.1 Å². The SMILES string of the molecule is COc1ccc(-c2cc(O)c[n+](C)c2)cc1.[Br-]. The highest BCUT2D eigenvalue weighted by Gasteiger charge is 2.05. The Hall–Kier alpha value is -1.55. The second-order valence-electron chi connectivity index (χ2n) is 3.68. The highest BCUT2D eigenvalue weighted by atomic mass is 79.9. The van der Waals surface area contributed by atoms with Crippen LogP contribution in [0.2, 0.25) is 0 Å². The molecule has 0 amide bonds. The van der Waals surface area contributed by atoms with E-state index in [1.54, 1.807) is 19.4 Å². The van der Waals surface area contributed by atoms with Crippen LogP contribution in [0.15, 0.2) is 42.7 Å². The molecule has 0 fully saturated rings. The van der Waals surface area contributed by atoms with Crippen molar-refractivity contribution in [2.45, 2.75) is 0 Å². The zero-order valence-corrected chi connectivity index (χ0v) is 11.3. The monoisotopic (exact) mass is 295 g/mol. The van der Waals surface area contributed by atoms with E-state index in [2.05, 4.69) is 0 Å². The van der Waals surface area contributed by atoms with E-state index < -0.39 is 0 Å². The molecule has 90 valence electrons. The second-order valence-corrected chi connectivity index (χ2v) is 3.68. The van der Waals surface area contributed by atoms with Crippen LogP contribution in [-0.4, -0.2) is 12.2 Å². The van der Waals surface area contributed by atoms with E-state index in [1.165, 1.54) is 0 Å². The molecule has 1 aromatic heterocycles. The van der Waals surface area contributed by atoms with Gasteiger partial charge in [0.15, 0.2) is 11.9 Å². The Kier molecular flexibility index (Phi) is 4.52. The topological polar surface area (TPSA) is 33.3 Å². The van der Waals surface area contributed by atoms with Gasteiger partial charge in [0.2, 0.25) is 6.20 Å². The molecule has 3 nitrogen and oxygen atoms in total. The van der Waals surface area contributed by atoms with E-state index in [4.69, 9.17) is 4.74 Å². The van der Waals surface area contributed by atoms with Gasteiger partial charge in [0.1, 0.15) is 12.8 Å². The molecular formula is C13H14BrNO2. The van der Waals surface area contributed by atoms with Crippen LogP contribution >= 0.6 is 0 Å². The Labute approximate surface area is 111 Å². The number of hydrogen-bond acceptors (Lipinski definition) is 2. The van der Waals surface area contributed by atoms with Crippen molar-refractivity contribution < 1.29 is 31.4 Å². The fourth-order valence-corrected chi connectivity index (χ4v) is 1.64. The van der Waals surface area contributed by atoms with E-state index in [-0.39, 0.29) is 22.7 Å². The molecule has 2 rings (SSSR count). The van der Waals surface area contributed by atoms with Crippen molar-refractivity contribution >= 4 is 0 Å². The lowest BCUT2D eigenvalue weighted by Crippen LogP contribution is -3.00. The maximum atomic E-state index is 9.51. The molecule has 1 aromatic carbocycles. The lowest BCUT2D eigenvalue weighted by atomic mass is 10.1. The Balaban J connectivity index is 0.00000144. The number of aryl methyl sites for hydroxylation is 1. The van der Waals surface area contributed by atoms with Gasteiger partial charge in [-0.05, 0) is 23.8 Å². The molecule has 0 unspecified atom stereocenters. The average Bonchev–Trinajstić information content (AvgIpc) is 2.28. The molecule has 0 bridgehead atoms. The first-order valence-corrected chi connectivity index (χ1v) is 5.03. The summed E-state index contributed by atoms with van der Waals surface area (Å²) in [5.74, 6) is 1.09. The van der Waals surface area contributed by atoms with Crippen molar-refractivity contribution in [1.82, 2.24) is 0 Å². The third-order valence-corrected chi connectivity index (χ3v) is 2.41. The summed E-state index contributed by atoms with van der Waals surface area (Å²) in [6.45, 7) is 0. The summed E-state index contributed by atoms with van der Waals surface area (Å²) in [4.78, 5) is 0. The normalized spacial score (nSPS) is 9.53. The van der Waals surface area contributed by atoms with Gasteiger partial charge in [0, 0.05) is 5.56 Å². The van der Waals surface area contributed by atoms with E-state index in [0.717, 1.165) is 16.9 Å². The highest BCUT2D eigenvalue weighted by Crippen LogP contribution is 2.23. The highest BCUT2D eigenvalue weighted by molar-refractivity contribution is 5.63. The van der Waals surface area contributed by atoms with Gasteiger partial charge in [-0.15, -0.1) is 0 Å². The summed E-state index contributed by atoms with van der Waals surface area (Å²) in [5, 5.41) is 9.51. The number of rotatable bonds is 2. The first kappa shape index (κ1) is 13.5. The van der Waals surface area contributed by atoms with Crippen LogP contribution in [-0.2, 0) is 7.05 Å². The van der Waals surface area contributed by atoms with Crippen LogP contribution in [0, 0.1) is 0 Å². The van der Waals surface area contributed by atoms with Crippen LogP contribution in [0.3, 0.4) is 0 Å². The van der Waals surface area contributed by atoms with Crippen molar-refractivity contribution in [2.75, 3.05) is 7.11 Å². The molecule has 0 spiro atoms. The minimum Gasteiger partial charge on any atom is -1.00 e. The van der Waals surface area contributed by atoms with Gasteiger partial charge in [-0.25, -0.2) is 4.57 Å². The molecule has 1 heterocycles. The lowest BCUT2D eigenvalue weighted by Gasteiger charge is -2.03. The predicted molar refractivity (Wildman–Crippen MR) is 61.3 cm³/mol. The molecule has 0 saturated heterocycles. The van der Waals surface area contributed by atoms with Crippen LogP contribution in [0.5, 0.6) is 11.5 Å². The van der Waals surface area contributed by atoms with Gasteiger partial charge in [-0.3, -0.25) is 0 Å². The molecule has 0 radical (unpaired) electrons. The van der Waals surface area contributed by atoms with E-state index in [9.17, 15) is 5.11 Å². The maximum absolute atomic E-state index is 9.51. The summed E-state index contributed by atoms with van der Waals surface area (Å²) in [6, 6.07) is 9.47. The molecule has 0 atom stereocenters. The lowest BCUT2D eigenvalue weighted by molar-refractivity contribution is -0.671. The quantitative estimate of drug-likeness (QED) is 0.714. The van der Waals surface area contributed by atoms with E-state index in [0.29, 0.717) is 0 Å². The molecular weight excluding hydrogens is 282 g/mol. The van der Waals surface area contributed by atoms with Gasteiger partial charge >= 0.3 is 0 Å². The molecule has 17 heavy (non-hydrogen) atoms. The second kappa shape index (κ2) is 5.68. The number of benzene rings is 1. The molecule has 4 heteroatoms. The molecule has 1 N–H and O–H groups in total. The van der Waals surface area contributed by atoms with Crippen molar-refractivity contribution in [3.63, 3.8) is 0 Å². The fourth-order valence-electron chi connectivity index (χ4n) is 1.64. The Morgan fingerprint density at radius 3 is 2.24 bits per heavy atom. The van der Waals surface area contributed by atoms with Crippen LogP contribution in [0.1, 0.15) is 0 Å². The van der Waals surface area contributed by atoms with Gasteiger partial charge in [0.05, 0.1) is 7.11 Å². The van der Waals surface area contributed by atoms with Crippen molar-refractivity contribution in [2.24, 2.45) is 7.05 Å². The number of ether oxygens (including phenoxy) is 1. The summed E-state index contributed by atoms with van der Waals surface area (Å²) in [6.07, 6.45) is 3.62. The molecule has 0 aliphatic heterocycles. The standard InChI is InChI=1S/C13H13NO2.BrH/c1-14-8-11(7-12(15)9-14)10-3-5-13(16-2)6-4-10;/h3-9H,1-2H3;1H. The van der Waals surface area contributed by atoms with Crippen LogP contribution < -0.4 is 26.3 Å². The minimum absolute atomic E-state index is 0. The van der Waals surface area contributed by atoms with E-state index >= 15 is 0 Å². The number of methoxy groups -OCH3 is 1. The molecule has 0 saturated carbocycles. The first-order chi connectivity index (χ1) is 7.69. The molecule has 0 aliphatic carbocycles. The van der Waals surface area contributed by atoms with Crippen molar-refractivity contribution in [1.29, 1.82) is 0 Å². The number of hydrogen-bond donors (Lipinski definition) is 1. The average molecular weight is 296 g/mol. The fraction of sp³-hybridized carbons (Fsp3) is 0.154. The minimum atomic E-state index is 0. The predicted octanol–water partition coefficient (Wildman–Crippen LogP) is -1.10. The number of aromatic nitrogens is 1. The number of nitrogens with zero attached hydrogens (tertiary/aromatic N) is 1. The zero-order valence-electron chi connectivity index (χ0n) is 9.72. The number of pyridine rings is 1. The molecule has 0 aliphatic rings. The zero-order chi connectivity index (χ0) is 11.5. The number of halogens is 1. The van der Waals surface area contributed by atoms with Crippen molar-refractivity contribution in [3.8, 4) is 22.6 Å². The van der Waals surface area contributed by atoms with Crippen molar-refractivity contribution in [3.05, 3.63) is 42.7 Å². The third-order valence-electron chi connectivity index (χ3n) is 2.41. The number of aromatic hydroxyl groups is 1. The summed E-state index contributed by atoms with van der Waals surface area (Å²) in [7, 11) is 3.52. The summed E-state index contributed by atoms with van der Waals surface area (Å²) in [5.41, 5.74) is 2.03. The first-order valence-electron chi connectivity index (χ1n) is 5.03. The van der Waals surface area contributed by atoms with Crippen LogP contribution in [0.25, 0.3) is 11.1 Å². The Morgan fingerprint density at radius 1 is 1.06 bits per heavy atom. The summed E-state index contributed by atoms with van der Waals surface area (Å²) >= 11 is 0. The van der Waals surface area contributed by atoms with Gasteiger partial charge in [0.25, 0.3) is 0 Å². The van der Waals surface area contributed by atoms with Crippen LogP contribution in [0.4, 0.5) is 0 Å². The molecule has 2 aromatic rings. The van der Waals surface area contributed by atoms with Gasteiger partial charge in [-0.1, -0.05) is 12.1 Å². The Morgan fingerprint density at radius 2 is 1.71 bits per heavy atom. The smallest absolute Gasteiger partial charge is 0.210 e.